The average molecular weight is 255 g/mol. The molecule has 0 bridgehead atoms. The molecule has 1 N–H and O–H groups in total. The van der Waals surface area contributed by atoms with Gasteiger partial charge in [-0.25, -0.2) is 4.98 Å². The summed E-state index contributed by atoms with van der Waals surface area (Å²) in [5, 5.41) is 3.59. The molecule has 0 spiro atoms. The van der Waals surface area contributed by atoms with Gasteiger partial charge in [-0.05, 0) is 6.42 Å². The maximum Gasteiger partial charge on any atom is 0.411 e. The number of ether oxygens (including phenoxy) is 1. The van der Waals surface area contributed by atoms with Crippen LogP contribution < -0.4 is 5.32 Å². The van der Waals surface area contributed by atoms with E-state index in [1.165, 1.54) is 0 Å². The van der Waals surface area contributed by atoms with Crippen molar-refractivity contribution in [2.75, 3.05) is 18.5 Å². The lowest BCUT2D eigenvalue weighted by Crippen LogP contribution is -2.16. The van der Waals surface area contributed by atoms with E-state index >= 15 is 0 Å². The van der Waals surface area contributed by atoms with E-state index < -0.39 is 12.8 Å². The monoisotopic (exact) mass is 255 g/mol. The van der Waals surface area contributed by atoms with Gasteiger partial charge in [-0.15, -0.1) is 0 Å². The number of alkyl halides is 3. The third kappa shape index (κ3) is 5.26. The summed E-state index contributed by atoms with van der Waals surface area (Å²) in [6, 6.07) is 0. The van der Waals surface area contributed by atoms with Gasteiger partial charge in [-0.1, -0.05) is 6.92 Å². The standard InChI is InChI=1S/C8H12F3N3OS/c1-2-3-12-7-13-6(14-16-7)4-15-5-8(9,10)11/h2-5H2,1H3,(H,12,13,14). The molecule has 8 heteroatoms. The first-order chi connectivity index (χ1) is 7.51. The molecule has 0 aromatic carbocycles. The fraction of sp³-hybridized carbons (Fsp3) is 0.750. The number of nitrogens with one attached hydrogen (secondary N) is 1. The van der Waals surface area contributed by atoms with Crippen molar-refractivity contribution in [1.29, 1.82) is 0 Å². The van der Waals surface area contributed by atoms with E-state index in [1.807, 2.05) is 6.92 Å². The molecule has 0 atom stereocenters. The van der Waals surface area contributed by atoms with Gasteiger partial charge in [0.25, 0.3) is 0 Å². The Morgan fingerprint density at radius 3 is 2.81 bits per heavy atom. The smallest absolute Gasteiger partial charge is 0.364 e. The zero-order valence-electron chi connectivity index (χ0n) is 8.67. The number of anilines is 1. The number of hydrogen-bond acceptors (Lipinski definition) is 5. The van der Waals surface area contributed by atoms with E-state index in [9.17, 15) is 13.2 Å². The van der Waals surface area contributed by atoms with Crippen molar-refractivity contribution in [3.63, 3.8) is 0 Å². The Bertz CT molecular complexity index is 316. The van der Waals surface area contributed by atoms with Crippen LogP contribution in [0.5, 0.6) is 0 Å². The molecule has 16 heavy (non-hydrogen) atoms. The Kier molecular flexibility index (Phi) is 4.94. The number of aromatic nitrogens is 2. The molecule has 0 saturated heterocycles. The summed E-state index contributed by atoms with van der Waals surface area (Å²) in [7, 11) is 0. The van der Waals surface area contributed by atoms with Crippen LogP contribution >= 0.6 is 11.5 Å². The van der Waals surface area contributed by atoms with Crippen LogP contribution in [0.25, 0.3) is 0 Å². The van der Waals surface area contributed by atoms with Gasteiger partial charge in [0.15, 0.2) is 5.82 Å². The molecule has 0 amide bonds. The molecule has 0 radical (unpaired) electrons. The van der Waals surface area contributed by atoms with Crippen molar-refractivity contribution >= 4 is 16.7 Å². The molecule has 0 unspecified atom stereocenters. The Balaban J connectivity index is 2.29. The van der Waals surface area contributed by atoms with Crippen molar-refractivity contribution in [3.05, 3.63) is 5.82 Å². The van der Waals surface area contributed by atoms with Gasteiger partial charge in [0.1, 0.15) is 13.2 Å². The fourth-order valence-corrected chi connectivity index (χ4v) is 1.47. The average Bonchev–Trinajstić information content (AvgIpc) is 2.61. The Morgan fingerprint density at radius 2 is 2.19 bits per heavy atom. The molecular formula is C8H12F3N3OS. The first kappa shape index (κ1) is 13.2. The summed E-state index contributed by atoms with van der Waals surface area (Å²) in [6.07, 6.45) is -3.36. The van der Waals surface area contributed by atoms with Crippen LogP contribution in [0, 0.1) is 0 Å². The second kappa shape index (κ2) is 6.00. The van der Waals surface area contributed by atoms with Gasteiger partial charge >= 0.3 is 6.18 Å². The predicted octanol–water partition coefficient (Wildman–Crippen LogP) is 2.44. The highest BCUT2D eigenvalue weighted by molar-refractivity contribution is 7.09. The van der Waals surface area contributed by atoms with Crippen LogP contribution in [0.2, 0.25) is 0 Å². The summed E-state index contributed by atoms with van der Waals surface area (Å²) in [6.45, 7) is 1.27. The third-order valence-electron chi connectivity index (χ3n) is 1.49. The van der Waals surface area contributed by atoms with Gasteiger partial charge in [-0.2, -0.15) is 17.5 Å². The summed E-state index contributed by atoms with van der Waals surface area (Å²) < 4.78 is 43.6. The SMILES string of the molecule is CCCNc1nc(COCC(F)(F)F)ns1. The van der Waals surface area contributed by atoms with Crippen LogP contribution in [0.15, 0.2) is 0 Å². The molecule has 92 valence electrons. The molecule has 0 saturated carbocycles. The van der Waals surface area contributed by atoms with Gasteiger partial charge in [0.2, 0.25) is 5.13 Å². The van der Waals surface area contributed by atoms with Gasteiger partial charge in [0, 0.05) is 18.1 Å². The highest BCUT2D eigenvalue weighted by Gasteiger charge is 2.27. The zero-order chi connectivity index (χ0) is 12.0. The second-order valence-corrected chi connectivity index (χ2v) is 3.80. The Labute approximate surface area is 95.0 Å². The molecule has 0 fully saturated rings. The molecular weight excluding hydrogens is 243 g/mol. The van der Waals surface area contributed by atoms with E-state index in [-0.39, 0.29) is 12.4 Å². The van der Waals surface area contributed by atoms with Crippen molar-refractivity contribution < 1.29 is 17.9 Å². The van der Waals surface area contributed by atoms with Crippen LogP contribution in [-0.4, -0.2) is 28.7 Å². The van der Waals surface area contributed by atoms with Crippen molar-refractivity contribution in [3.8, 4) is 0 Å². The van der Waals surface area contributed by atoms with Crippen LogP contribution in [0.1, 0.15) is 19.2 Å². The van der Waals surface area contributed by atoms with E-state index in [0.29, 0.717) is 5.13 Å². The van der Waals surface area contributed by atoms with E-state index in [2.05, 4.69) is 19.4 Å². The maximum absolute atomic E-state index is 11.8. The third-order valence-corrected chi connectivity index (χ3v) is 2.20. The van der Waals surface area contributed by atoms with Gasteiger partial charge in [0.05, 0.1) is 0 Å². The largest absolute Gasteiger partial charge is 0.411 e. The molecule has 4 nitrogen and oxygen atoms in total. The Hall–Kier alpha value is -0.890. The van der Waals surface area contributed by atoms with E-state index in [4.69, 9.17) is 0 Å². The molecule has 1 heterocycles. The maximum atomic E-state index is 11.8. The topological polar surface area (TPSA) is 47.0 Å². The number of hydrogen-bond donors (Lipinski definition) is 1. The quantitative estimate of drug-likeness (QED) is 0.848. The van der Waals surface area contributed by atoms with E-state index in [1.54, 1.807) is 0 Å². The van der Waals surface area contributed by atoms with Gasteiger partial charge in [-0.3, -0.25) is 0 Å². The molecule has 0 aliphatic carbocycles. The van der Waals surface area contributed by atoms with Crippen LogP contribution in [-0.2, 0) is 11.3 Å². The second-order valence-electron chi connectivity index (χ2n) is 3.05. The first-order valence-electron chi connectivity index (χ1n) is 4.72. The molecule has 1 rings (SSSR count). The fourth-order valence-electron chi connectivity index (χ4n) is 0.874. The van der Waals surface area contributed by atoms with Crippen molar-refractivity contribution in [2.45, 2.75) is 26.1 Å². The lowest BCUT2D eigenvalue weighted by molar-refractivity contribution is -0.177. The molecule has 1 aromatic rings. The number of nitrogens with zero attached hydrogens (tertiary/aromatic N) is 2. The minimum Gasteiger partial charge on any atom is -0.364 e. The van der Waals surface area contributed by atoms with Crippen LogP contribution in [0.3, 0.4) is 0 Å². The molecule has 0 aliphatic rings. The summed E-state index contributed by atoms with van der Waals surface area (Å²) in [5.74, 6) is 0.271. The van der Waals surface area contributed by atoms with E-state index in [0.717, 1.165) is 24.5 Å². The predicted molar refractivity (Wildman–Crippen MR) is 54.4 cm³/mol. The summed E-state index contributed by atoms with van der Waals surface area (Å²) in [5.41, 5.74) is 0. The highest BCUT2D eigenvalue weighted by atomic mass is 32.1. The number of halogens is 3. The Morgan fingerprint density at radius 1 is 1.44 bits per heavy atom. The molecule has 0 aliphatic heterocycles. The lowest BCUT2D eigenvalue weighted by atomic mass is 10.5. The minimum absolute atomic E-state index is 0.218. The van der Waals surface area contributed by atoms with Crippen molar-refractivity contribution in [2.24, 2.45) is 0 Å². The number of rotatable bonds is 6. The first-order valence-corrected chi connectivity index (χ1v) is 5.49. The minimum atomic E-state index is -4.31. The summed E-state index contributed by atoms with van der Waals surface area (Å²) >= 11 is 1.11. The zero-order valence-corrected chi connectivity index (χ0v) is 9.49. The normalized spacial score (nSPS) is 11.8. The molecule has 1 aromatic heterocycles. The van der Waals surface area contributed by atoms with Gasteiger partial charge < -0.3 is 10.1 Å². The van der Waals surface area contributed by atoms with Crippen LogP contribution in [0.4, 0.5) is 18.3 Å². The lowest BCUT2D eigenvalue weighted by Gasteiger charge is -2.04. The van der Waals surface area contributed by atoms with Crippen molar-refractivity contribution in [1.82, 2.24) is 9.36 Å². The highest BCUT2D eigenvalue weighted by Crippen LogP contribution is 2.16. The summed E-state index contributed by atoms with van der Waals surface area (Å²) in [4.78, 5) is 3.97.